The van der Waals surface area contributed by atoms with Gasteiger partial charge < -0.3 is 10.2 Å². The first-order chi connectivity index (χ1) is 9.34. The van der Waals surface area contributed by atoms with E-state index in [0.29, 0.717) is 5.82 Å². The van der Waals surface area contributed by atoms with Crippen molar-refractivity contribution in [3.63, 3.8) is 0 Å². The predicted molar refractivity (Wildman–Crippen MR) is 72.3 cm³/mol. The van der Waals surface area contributed by atoms with Crippen molar-refractivity contribution in [1.82, 2.24) is 15.2 Å². The molecule has 3 rings (SSSR count). The highest BCUT2D eigenvalue weighted by molar-refractivity contribution is 5.73. The zero-order chi connectivity index (χ0) is 13.1. The van der Waals surface area contributed by atoms with E-state index in [4.69, 9.17) is 10.2 Å². The van der Waals surface area contributed by atoms with Gasteiger partial charge in [0, 0.05) is 18.3 Å². The molecule has 0 bridgehead atoms. The number of aromatic amines is 1. The van der Waals surface area contributed by atoms with Crippen LogP contribution < -0.4 is 5.73 Å². The fourth-order valence-electron chi connectivity index (χ4n) is 2.07. The van der Waals surface area contributed by atoms with Crippen LogP contribution in [0.25, 0.3) is 11.3 Å². The maximum absolute atomic E-state index is 5.92. The number of aromatic nitrogens is 3. The third-order valence-electron chi connectivity index (χ3n) is 2.99. The highest BCUT2D eigenvalue weighted by atomic mass is 16.3. The summed E-state index contributed by atoms with van der Waals surface area (Å²) in [5.74, 6) is 1.42. The van der Waals surface area contributed by atoms with Gasteiger partial charge in [-0.2, -0.15) is 5.10 Å². The van der Waals surface area contributed by atoms with Crippen molar-refractivity contribution in [2.45, 2.75) is 12.8 Å². The quantitative estimate of drug-likeness (QED) is 0.749. The number of rotatable bonds is 4. The summed E-state index contributed by atoms with van der Waals surface area (Å²) in [5, 5.41) is 7.05. The first-order valence-electron chi connectivity index (χ1n) is 6.11. The van der Waals surface area contributed by atoms with E-state index < -0.39 is 0 Å². The van der Waals surface area contributed by atoms with E-state index >= 15 is 0 Å². The minimum atomic E-state index is 0.480. The molecule has 5 heteroatoms. The topological polar surface area (TPSA) is 80.7 Å². The first kappa shape index (κ1) is 11.5. The van der Waals surface area contributed by atoms with Gasteiger partial charge in [-0.1, -0.05) is 6.07 Å². The molecule has 96 valence electrons. The molecule has 0 amide bonds. The van der Waals surface area contributed by atoms with Gasteiger partial charge >= 0.3 is 0 Å². The van der Waals surface area contributed by atoms with E-state index in [1.54, 1.807) is 12.5 Å². The summed E-state index contributed by atoms with van der Waals surface area (Å²) in [5.41, 5.74) is 8.61. The predicted octanol–water partition coefficient (Wildman–Crippen LogP) is 2.43. The van der Waals surface area contributed by atoms with Gasteiger partial charge in [-0.15, -0.1) is 0 Å². The van der Waals surface area contributed by atoms with Crippen molar-refractivity contribution in [3.05, 3.63) is 54.2 Å². The van der Waals surface area contributed by atoms with Gasteiger partial charge in [0.25, 0.3) is 0 Å². The normalized spacial score (nSPS) is 10.7. The Morgan fingerprint density at radius 3 is 2.84 bits per heavy atom. The van der Waals surface area contributed by atoms with E-state index in [0.717, 1.165) is 35.6 Å². The summed E-state index contributed by atoms with van der Waals surface area (Å²) in [7, 11) is 0. The summed E-state index contributed by atoms with van der Waals surface area (Å²) in [6.45, 7) is 0. The van der Waals surface area contributed by atoms with E-state index in [1.165, 1.54) is 0 Å². The molecule has 3 aromatic heterocycles. The van der Waals surface area contributed by atoms with E-state index in [-0.39, 0.29) is 0 Å². The number of nitrogens with zero attached hydrogens (tertiary/aromatic N) is 2. The molecule has 0 saturated carbocycles. The Hall–Kier alpha value is -2.56. The molecule has 0 saturated heterocycles. The molecular formula is C14H14N4O. The number of pyridine rings is 1. The van der Waals surface area contributed by atoms with Crippen molar-refractivity contribution >= 4 is 5.82 Å². The monoisotopic (exact) mass is 254 g/mol. The van der Waals surface area contributed by atoms with Crippen LogP contribution in [-0.4, -0.2) is 15.2 Å². The summed E-state index contributed by atoms with van der Waals surface area (Å²) >= 11 is 0. The second-order valence-electron chi connectivity index (χ2n) is 4.26. The molecule has 3 aromatic rings. The molecule has 0 aliphatic heterocycles. The van der Waals surface area contributed by atoms with Gasteiger partial charge in [0.1, 0.15) is 5.76 Å². The molecular weight excluding hydrogens is 240 g/mol. The second-order valence-corrected chi connectivity index (χ2v) is 4.26. The Morgan fingerprint density at radius 2 is 2.11 bits per heavy atom. The average molecular weight is 254 g/mol. The summed E-state index contributed by atoms with van der Waals surface area (Å²) < 4.78 is 5.33. The van der Waals surface area contributed by atoms with Crippen LogP contribution in [0.5, 0.6) is 0 Å². The van der Waals surface area contributed by atoms with Crippen LogP contribution in [0.2, 0.25) is 0 Å². The van der Waals surface area contributed by atoms with Crippen LogP contribution in [0.15, 0.2) is 47.2 Å². The van der Waals surface area contributed by atoms with Crippen LogP contribution in [0.4, 0.5) is 5.82 Å². The minimum absolute atomic E-state index is 0.480. The van der Waals surface area contributed by atoms with Crippen molar-refractivity contribution in [3.8, 4) is 11.3 Å². The zero-order valence-electron chi connectivity index (χ0n) is 10.3. The fourth-order valence-corrected chi connectivity index (χ4v) is 2.07. The molecule has 19 heavy (non-hydrogen) atoms. The number of hydrogen-bond acceptors (Lipinski definition) is 4. The molecule has 0 aromatic carbocycles. The highest BCUT2D eigenvalue weighted by Crippen LogP contribution is 2.26. The fraction of sp³-hybridized carbons (Fsp3) is 0.143. The molecule has 0 unspecified atom stereocenters. The van der Waals surface area contributed by atoms with Crippen molar-refractivity contribution in [1.29, 1.82) is 0 Å². The molecule has 0 fully saturated rings. The Balaban J connectivity index is 1.87. The van der Waals surface area contributed by atoms with Gasteiger partial charge in [0.2, 0.25) is 0 Å². The maximum Gasteiger partial charge on any atom is 0.154 e. The highest BCUT2D eigenvalue weighted by Gasteiger charge is 2.14. The number of hydrogen-bond donors (Lipinski definition) is 2. The average Bonchev–Trinajstić information content (AvgIpc) is 3.07. The van der Waals surface area contributed by atoms with E-state index in [9.17, 15) is 0 Å². The van der Waals surface area contributed by atoms with Gasteiger partial charge in [-0.05, 0) is 30.7 Å². The largest absolute Gasteiger partial charge is 0.469 e. The van der Waals surface area contributed by atoms with Crippen LogP contribution >= 0.6 is 0 Å². The molecule has 3 N–H and O–H groups in total. The molecule has 0 aliphatic carbocycles. The number of H-pyrrole nitrogens is 1. The smallest absolute Gasteiger partial charge is 0.154 e. The molecule has 0 atom stereocenters. The Bertz CT molecular complexity index is 643. The van der Waals surface area contributed by atoms with Gasteiger partial charge in [-0.3, -0.25) is 10.1 Å². The van der Waals surface area contributed by atoms with Gasteiger partial charge in [0.05, 0.1) is 17.5 Å². The lowest BCUT2D eigenvalue weighted by molar-refractivity contribution is 0.507. The lowest BCUT2D eigenvalue weighted by Crippen LogP contribution is -1.95. The molecule has 0 spiro atoms. The lowest BCUT2D eigenvalue weighted by atomic mass is 10.1. The van der Waals surface area contributed by atoms with Crippen LogP contribution in [0, 0.1) is 0 Å². The minimum Gasteiger partial charge on any atom is -0.469 e. The number of anilines is 1. The second kappa shape index (κ2) is 4.97. The Kier molecular flexibility index (Phi) is 3.02. The number of nitrogens with one attached hydrogen (secondary N) is 1. The van der Waals surface area contributed by atoms with Gasteiger partial charge in [0.15, 0.2) is 5.82 Å². The molecule has 0 aliphatic rings. The number of nitrogen functional groups attached to an aromatic ring is 1. The van der Waals surface area contributed by atoms with Crippen LogP contribution in [-0.2, 0) is 12.8 Å². The lowest BCUT2D eigenvalue weighted by Gasteiger charge is -2.02. The summed E-state index contributed by atoms with van der Waals surface area (Å²) in [6.07, 6.45) is 5.01. The van der Waals surface area contributed by atoms with Crippen LogP contribution in [0.1, 0.15) is 11.5 Å². The SMILES string of the molecule is Nc1n[nH]c(CCc2ccco2)c1-c1ccccn1. The maximum atomic E-state index is 5.92. The van der Waals surface area contributed by atoms with Crippen LogP contribution in [0.3, 0.4) is 0 Å². The van der Waals surface area contributed by atoms with Crippen molar-refractivity contribution in [2.75, 3.05) is 5.73 Å². The summed E-state index contributed by atoms with van der Waals surface area (Å²) in [6, 6.07) is 9.58. The number of aryl methyl sites for hydroxylation is 2. The molecule has 0 radical (unpaired) electrons. The molecule has 5 nitrogen and oxygen atoms in total. The van der Waals surface area contributed by atoms with E-state index in [2.05, 4.69) is 15.2 Å². The third-order valence-corrected chi connectivity index (χ3v) is 2.99. The molecule has 3 heterocycles. The first-order valence-corrected chi connectivity index (χ1v) is 6.11. The number of nitrogens with two attached hydrogens (primary N) is 1. The zero-order valence-corrected chi connectivity index (χ0v) is 10.3. The summed E-state index contributed by atoms with van der Waals surface area (Å²) in [4.78, 5) is 4.32. The van der Waals surface area contributed by atoms with Gasteiger partial charge in [-0.25, -0.2) is 0 Å². The van der Waals surface area contributed by atoms with E-state index in [1.807, 2.05) is 30.3 Å². The Morgan fingerprint density at radius 1 is 1.16 bits per heavy atom. The van der Waals surface area contributed by atoms with Crippen molar-refractivity contribution < 1.29 is 4.42 Å². The standard InChI is InChI=1S/C14H14N4O/c15-14-13(11-5-1-2-8-16-11)12(17-18-14)7-6-10-4-3-9-19-10/h1-5,8-9H,6-7H2,(H3,15,17,18). The van der Waals surface area contributed by atoms with Crippen molar-refractivity contribution in [2.24, 2.45) is 0 Å². The third kappa shape index (κ3) is 2.35. The Labute approximate surface area is 110 Å². The number of furan rings is 1.